The van der Waals surface area contributed by atoms with E-state index in [9.17, 15) is 0 Å². The Morgan fingerprint density at radius 2 is 1.86 bits per heavy atom. The highest BCUT2D eigenvalue weighted by Gasteiger charge is 2.17. The molecule has 3 nitrogen and oxygen atoms in total. The number of aryl methyl sites for hydroxylation is 2. The number of nitrogens with zero attached hydrogens (tertiary/aromatic N) is 2. The molecular formula is C17H32BrN3. The smallest absolute Gasteiger partial charge is 0.0766 e. The van der Waals surface area contributed by atoms with Crippen LogP contribution in [-0.2, 0) is 19.9 Å². The largest absolute Gasteiger partial charge is 0.314 e. The topological polar surface area (TPSA) is 29.9 Å². The summed E-state index contributed by atoms with van der Waals surface area (Å²) in [4.78, 5) is 0. The molecule has 122 valence electrons. The van der Waals surface area contributed by atoms with Crippen molar-refractivity contribution < 1.29 is 0 Å². The molecule has 0 spiro atoms. The fraction of sp³-hybridized carbons (Fsp3) is 0.824. The molecule has 0 bridgehead atoms. The van der Waals surface area contributed by atoms with E-state index in [2.05, 4.69) is 54.2 Å². The first-order chi connectivity index (χ1) is 10.1. The molecule has 0 radical (unpaired) electrons. The van der Waals surface area contributed by atoms with E-state index in [0.717, 1.165) is 19.4 Å². The number of hydrogen-bond acceptors (Lipinski definition) is 2. The molecule has 1 N–H and O–H groups in total. The van der Waals surface area contributed by atoms with Gasteiger partial charge in [-0.1, -0.05) is 52.9 Å². The highest BCUT2D eigenvalue weighted by Crippen LogP contribution is 2.23. The summed E-state index contributed by atoms with van der Waals surface area (Å²) in [6.45, 7) is 7.66. The van der Waals surface area contributed by atoms with Crippen molar-refractivity contribution in [1.29, 1.82) is 0 Å². The zero-order valence-corrected chi connectivity index (χ0v) is 15.8. The lowest BCUT2D eigenvalue weighted by molar-refractivity contribution is 0.451. The monoisotopic (exact) mass is 357 g/mol. The summed E-state index contributed by atoms with van der Waals surface area (Å²) >= 11 is 3.73. The molecule has 1 atom stereocenters. The standard InChI is InChI=1S/C17H32BrN3/c1-5-8-9-10-11-12-14(19-7-3)13-16-17(18)15(6-2)20-21(16)4/h14,19H,5-13H2,1-4H3. The number of unbranched alkanes of at least 4 members (excludes halogenated alkanes) is 4. The van der Waals surface area contributed by atoms with Crippen LogP contribution < -0.4 is 5.32 Å². The predicted molar refractivity (Wildman–Crippen MR) is 94.8 cm³/mol. The number of halogens is 1. The molecule has 0 saturated heterocycles. The molecule has 0 saturated carbocycles. The fourth-order valence-electron chi connectivity index (χ4n) is 2.83. The predicted octanol–water partition coefficient (Wildman–Crippen LogP) is 4.63. The van der Waals surface area contributed by atoms with Crippen LogP contribution in [0.15, 0.2) is 4.47 Å². The van der Waals surface area contributed by atoms with Gasteiger partial charge in [0.2, 0.25) is 0 Å². The Morgan fingerprint density at radius 1 is 1.14 bits per heavy atom. The second-order valence-electron chi connectivity index (χ2n) is 5.85. The quantitative estimate of drug-likeness (QED) is 0.585. The van der Waals surface area contributed by atoms with Crippen molar-refractivity contribution in [2.75, 3.05) is 6.54 Å². The molecule has 0 aliphatic carbocycles. The van der Waals surface area contributed by atoms with Crippen LogP contribution >= 0.6 is 15.9 Å². The van der Waals surface area contributed by atoms with E-state index in [4.69, 9.17) is 0 Å². The molecule has 1 unspecified atom stereocenters. The lowest BCUT2D eigenvalue weighted by atomic mass is 10.0. The Balaban J connectivity index is 2.55. The molecule has 0 aromatic carbocycles. The van der Waals surface area contributed by atoms with E-state index in [1.54, 1.807) is 0 Å². The Labute approximate surface area is 139 Å². The van der Waals surface area contributed by atoms with Gasteiger partial charge >= 0.3 is 0 Å². The maximum absolute atomic E-state index is 4.60. The minimum atomic E-state index is 0.563. The molecule has 1 aromatic rings. The highest BCUT2D eigenvalue weighted by atomic mass is 79.9. The van der Waals surface area contributed by atoms with Gasteiger partial charge in [-0.3, -0.25) is 4.68 Å². The summed E-state index contributed by atoms with van der Waals surface area (Å²) in [5.74, 6) is 0. The summed E-state index contributed by atoms with van der Waals surface area (Å²) in [5.41, 5.74) is 2.50. The van der Waals surface area contributed by atoms with Crippen LogP contribution in [0.2, 0.25) is 0 Å². The highest BCUT2D eigenvalue weighted by molar-refractivity contribution is 9.10. The van der Waals surface area contributed by atoms with Gasteiger partial charge in [0.25, 0.3) is 0 Å². The molecule has 0 aliphatic rings. The summed E-state index contributed by atoms with van der Waals surface area (Å²) in [5, 5.41) is 8.25. The molecule has 1 heterocycles. The third-order valence-corrected chi connectivity index (χ3v) is 5.01. The van der Waals surface area contributed by atoms with Gasteiger partial charge in [0.1, 0.15) is 0 Å². The van der Waals surface area contributed by atoms with E-state index >= 15 is 0 Å². The number of nitrogens with one attached hydrogen (secondary N) is 1. The molecule has 0 fully saturated rings. The Bertz CT molecular complexity index is 401. The van der Waals surface area contributed by atoms with Gasteiger partial charge in [0, 0.05) is 19.5 Å². The molecule has 0 aliphatic heterocycles. The van der Waals surface area contributed by atoms with E-state index in [0.29, 0.717) is 6.04 Å². The number of rotatable bonds is 11. The third kappa shape index (κ3) is 6.11. The molecule has 1 rings (SSSR count). The van der Waals surface area contributed by atoms with Gasteiger partial charge in [0.05, 0.1) is 15.9 Å². The van der Waals surface area contributed by atoms with Crippen LogP contribution in [-0.4, -0.2) is 22.4 Å². The van der Waals surface area contributed by atoms with Gasteiger partial charge in [-0.05, 0) is 35.3 Å². The summed E-state index contributed by atoms with van der Waals surface area (Å²) in [6.07, 6.45) is 10.1. The van der Waals surface area contributed by atoms with Gasteiger partial charge in [-0.2, -0.15) is 5.10 Å². The maximum atomic E-state index is 4.60. The molecule has 21 heavy (non-hydrogen) atoms. The van der Waals surface area contributed by atoms with Crippen LogP contribution in [0.1, 0.15) is 70.7 Å². The van der Waals surface area contributed by atoms with Gasteiger partial charge in [-0.25, -0.2) is 0 Å². The van der Waals surface area contributed by atoms with Crippen molar-refractivity contribution in [3.63, 3.8) is 0 Å². The first-order valence-electron chi connectivity index (χ1n) is 8.57. The average Bonchev–Trinajstić information content (AvgIpc) is 2.74. The molecule has 0 amide bonds. The zero-order valence-electron chi connectivity index (χ0n) is 14.2. The van der Waals surface area contributed by atoms with Crippen molar-refractivity contribution in [1.82, 2.24) is 15.1 Å². The zero-order chi connectivity index (χ0) is 15.7. The Hall–Kier alpha value is -0.350. The SMILES string of the molecule is CCCCCCCC(Cc1c(Br)c(CC)nn1C)NCC. The molecule has 1 aromatic heterocycles. The van der Waals surface area contributed by atoms with Crippen LogP contribution in [0, 0.1) is 0 Å². The van der Waals surface area contributed by atoms with Crippen molar-refractivity contribution in [3.05, 3.63) is 15.9 Å². The van der Waals surface area contributed by atoms with Crippen molar-refractivity contribution >= 4 is 15.9 Å². The summed E-state index contributed by atoms with van der Waals surface area (Å²) in [7, 11) is 2.06. The van der Waals surface area contributed by atoms with Crippen molar-refractivity contribution in [3.8, 4) is 0 Å². The lowest BCUT2D eigenvalue weighted by Crippen LogP contribution is -2.31. The first-order valence-corrected chi connectivity index (χ1v) is 9.36. The number of hydrogen-bond donors (Lipinski definition) is 1. The normalized spacial score (nSPS) is 12.8. The number of likely N-dealkylation sites (N-methyl/N-ethyl adjacent to an activating group) is 1. The first kappa shape index (κ1) is 18.7. The van der Waals surface area contributed by atoms with Gasteiger partial charge in [0.15, 0.2) is 0 Å². The van der Waals surface area contributed by atoms with Crippen molar-refractivity contribution in [2.45, 2.75) is 78.2 Å². The van der Waals surface area contributed by atoms with Crippen LogP contribution in [0.5, 0.6) is 0 Å². The van der Waals surface area contributed by atoms with Gasteiger partial charge < -0.3 is 5.32 Å². The van der Waals surface area contributed by atoms with Crippen LogP contribution in [0.25, 0.3) is 0 Å². The van der Waals surface area contributed by atoms with E-state index in [-0.39, 0.29) is 0 Å². The van der Waals surface area contributed by atoms with Crippen LogP contribution in [0.3, 0.4) is 0 Å². The van der Waals surface area contributed by atoms with E-state index in [1.165, 1.54) is 54.4 Å². The summed E-state index contributed by atoms with van der Waals surface area (Å²) in [6, 6.07) is 0.563. The second kappa shape index (κ2) is 10.4. The molecule has 4 heteroatoms. The molecular weight excluding hydrogens is 326 g/mol. The fourth-order valence-corrected chi connectivity index (χ4v) is 3.61. The lowest BCUT2D eigenvalue weighted by Gasteiger charge is -2.18. The minimum absolute atomic E-state index is 0.563. The maximum Gasteiger partial charge on any atom is 0.0766 e. The van der Waals surface area contributed by atoms with E-state index in [1.807, 2.05) is 4.68 Å². The number of aromatic nitrogens is 2. The Morgan fingerprint density at radius 3 is 2.43 bits per heavy atom. The van der Waals surface area contributed by atoms with Crippen molar-refractivity contribution in [2.24, 2.45) is 7.05 Å². The third-order valence-electron chi connectivity index (χ3n) is 4.09. The average molecular weight is 358 g/mol. The summed E-state index contributed by atoms with van der Waals surface area (Å²) < 4.78 is 3.26. The Kier molecular flexibility index (Phi) is 9.25. The van der Waals surface area contributed by atoms with Crippen LogP contribution in [0.4, 0.5) is 0 Å². The second-order valence-corrected chi connectivity index (χ2v) is 6.64. The van der Waals surface area contributed by atoms with E-state index < -0.39 is 0 Å². The van der Waals surface area contributed by atoms with Gasteiger partial charge in [-0.15, -0.1) is 0 Å². The minimum Gasteiger partial charge on any atom is -0.314 e.